The van der Waals surface area contributed by atoms with Crippen molar-refractivity contribution in [2.45, 2.75) is 19.3 Å². The first-order valence-corrected chi connectivity index (χ1v) is 9.06. The summed E-state index contributed by atoms with van der Waals surface area (Å²) in [6.45, 7) is 0.902. The minimum absolute atomic E-state index is 0.820. The Balaban J connectivity index is 1.44. The molecular weight excluding hydrogens is 324 g/mol. The number of benzene rings is 2. The number of thiocarbonyl (C=S) groups is 1. The molecule has 1 N–H and O–H groups in total. The maximum Gasteiger partial charge on any atom is 0.106 e. The van der Waals surface area contributed by atoms with Gasteiger partial charge in [0.1, 0.15) is 4.99 Å². The van der Waals surface area contributed by atoms with Crippen molar-refractivity contribution in [1.29, 1.82) is 0 Å². The second kappa shape index (κ2) is 9.09. The van der Waals surface area contributed by atoms with Crippen molar-refractivity contribution in [3.05, 3.63) is 90.3 Å². The SMILES string of the molecule is S=C(NCCCCc1cccnc1)c1ccc(-c2ccccc2)cc1. The smallest absolute Gasteiger partial charge is 0.106 e. The van der Waals surface area contributed by atoms with Gasteiger partial charge in [-0.1, -0.05) is 72.9 Å². The van der Waals surface area contributed by atoms with Crippen LogP contribution in [0.4, 0.5) is 0 Å². The molecule has 2 aromatic carbocycles. The molecule has 3 rings (SSSR count). The highest BCUT2D eigenvalue weighted by molar-refractivity contribution is 7.80. The second-order valence-electron chi connectivity index (χ2n) is 6.02. The molecule has 0 atom stereocenters. The molecule has 0 spiro atoms. The van der Waals surface area contributed by atoms with Crippen LogP contribution in [0, 0.1) is 0 Å². The summed E-state index contributed by atoms with van der Waals surface area (Å²) in [4.78, 5) is 4.96. The molecule has 1 aromatic heterocycles. The van der Waals surface area contributed by atoms with E-state index in [1.165, 1.54) is 16.7 Å². The standard InChI is InChI=1S/C22H22N2S/c25-22(24-16-5-4-7-18-8-6-15-23-17-18)21-13-11-20(12-14-21)19-9-2-1-3-10-19/h1-3,6,8-15,17H,4-5,7,16H2,(H,24,25). The van der Waals surface area contributed by atoms with Crippen LogP contribution < -0.4 is 5.32 Å². The van der Waals surface area contributed by atoms with Gasteiger partial charge in [-0.15, -0.1) is 0 Å². The van der Waals surface area contributed by atoms with Crippen molar-refractivity contribution in [1.82, 2.24) is 10.3 Å². The van der Waals surface area contributed by atoms with E-state index >= 15 is 0 Å². The fourth-order valence-corrected chi connectivity index (χ4v) is 2.99. The van der Waals surface area contributed by atoms with Crippen LogP contribution in [0.3, 0.4) is 0 Å². The monoisotopic (exact) mass is 346 g/mol. The van der Waals surface area contributed by atoms with Gasteiger partial charge in [0.05, 0.1) is 0 Å². The molecule has 1 heterocycles. The highest BCUT2D eigenvalue weighted by atomic mass is 32.1. The summed E-state index contributed by atoms with van der Waals surface area (Å²) in [6, 6.07) is 22.9. The molecule has 0 unspecified atom stereocenters. The molecule has 0 fully saturated rings. The molecule has 126 valence electrons. The number of aromatic nitrogens is 1. The summed E-state index contributed by atoms with van der Waals surface area (Å²) in [7, 11) is 0. The summed E-state index contributed by atoms with van der Waals surface area (Å²) < 4.78 is 0. The van der Waals surface area contributed by atoms with E-state index in [4.69, 9.17) is 12.2 Å². The zero-order valence-electron chi connectivity index (χ0n) is 14.2. The van der Waals surface area contributed by atoms with Gasteiger partial charge in [0.2, 0.25) is 0 Å². The van der Waals surface area contributed by atoms with E-state index in [0.717, 1.165) is 36.4 Å². The second-order valence-corrected chi connectivity index (χ2v) is 6.43. The van der Waals surface area contributed by atoms with Crippen LogP contribution in [-0.2, 0) is 6.42 Å². The Kier molecular flexibility index (Phi) is 6.29. The van der Waals surface area contributed by atoms with Crippen LogP contribution in [0.25, 0.3) is 11.1 Å². The van der Waals surface area contributed by atoms with Crippen molar-refractivity contribution in [2.24, 2.45) is 0 Å². The van der Waals surface area contributed by atoms with Crippen LogP contribution >= 0.6 is 12.2 Å². The van der Waals surface area contributed by atoms with Gasteiger partial charge < -0.3 is 5.32 Å². The predicted octanol–water partition coefficient (Wildman–Crippen LogP) is 5.04. The molecule has 3 heteroatoms. The summed E-state index contributed by atoms with van der Waals surface area (Å²) in [5, 5.41) is 3.36. The molecule has 0 saturated carbocycles. The molecular formula is C22H22N2S. The number of hydrogen-bond acceptors (Lipinski definition) is 2. The predicted molar refractivity (Wildman–Crippen MR) is 109 cm³/mol. The van der Waals surface area contributed by atoms with Crippen molar-refractivity contribution >= 4 is 17.2 Å². The lowest BCUT2D eigenvalue weighted by Crippen LogP contribution is -2.23. The Morgan fingerprint density at radius 3 is 2.32 bits per heavy atom. The average molecular weight is 346 g/mol. The third-order valence-electron chi connectivity index (χ3n) is 4.15. The quantitative estimate of drug-likeness (QED) is 0.479. The van der Waals surface area contributed by atoms with Gasteiger partial charge in [-0.3, -0.25) is 4.98 Å². The minimum atomic E-state index is 0.820. The highest BCUT2D eigenvalue weighted by Crippen LogP contribution is 2.19. The van der Waals surface area contributed by atoms with Gasteiger partial charge >= 0.3 is 0 Å². The lowest BCUT2D eigenvalue weighted by atomic mass is 10.0. The van der Waals surface area contributed by atoms with Crippen molar-refractivity contribution < 1.29 is 0 Å². The number of pyridine rings is 1. The average Bonchev–Trinajstić information content (AvgIpc) is 2.69. The molecule has 0 amide bonds. The summed E-state index contributed by atoms with van der Waals surface area (Å²) >= 11 is 5.50. The number of unbranched alkanes of at least 4 members (excludes halogenated alkanes) is 1. The van der Waals surface area contributed by atoms with Gasteiger partial charge in [-0.05, 0) is 42.0 Å². The minimum Gasteiger partial charge on any atom is -0.376 e. The Morgan fingerprint density at radius 2 is 1.60 bits per heavy atom. The third-order valence-corrected chi connectivity index (χ3v) is 4.53. The molecule has 2 nitrogen and oxygen atoms in total. The summed E-state index contributed by atoms with van der Waals surface area (Å²) in [5.41, 5.74) is 4.80. The van der Waals surface area contributed by atoms with E-state index in [1.54, 1.807) is 0 Å². The first-order chi connectivity index (χ1) is 12.3. The Labute approximate surface area is 154 Å². The van der Waals surface area contributed by atoms with Crippen molar-refractivity contribution in [3.8, 4) is 11.1 Å². The van der Waals surface area contributed by atoms with Gasteiger partial charge in [0.25, 0.3) is 0 Å². The maximum absolute atomic E-state index is 5.50. The number of nitrogens with one attached hydrogen (secondary N) is 1. The van der Waals surface area contributed by atoms with Gasteiger partial charge in [-0.25, -0.2) is 0 Å². The lowest BCUT2D eigenvalue weighted by Gasteiger charge is -2.09. The summed E-state index contributed by atoms with van der Waals surface area (Å²) in [6.07, 6.45) is 7.04. The van der Waals surface area contributed by atoms with Crippen LogP contribution in [0.2, 0.25) is 0 Å². The van der Waals surface area contributed by atoms with E-state index in [1.807, 2.05) is 24.5 Å². The van der Waals surface area contributed by atoms with Crippen LogP contribution in [-0.4, -0.2) is 16.5 Å². The van der Waals surface area contributed by atoms with Crippen molar-refractivity contribution in [3.63, 3.8) is 0 Å². The first-order valence-electron chi connectivity index (χ1n) is 8.65. The zero-order chi connectivity index (χ0) is 17.3. The molecule has 3 aromatic rings. The van der Waals surface area contributed by atoms with Crippen LogP contribution in [0.5, 0.6) is 0 Å². The fourth-order valence-electron chi connectivity index (χ4n) is 2.75. The number of aryl methyl sites for hydroxylation is 1. The summed E-state index contributed by atoms with van der Waals surface area (Å²) in [5.74, 6) is 0. The molecule has 0 bridgehead atoms. The van der Waals surface area contributed by atoms with Crippen molar-refractivity contribution in [2.75, 3.05) is 6.54 Å². The third kappa shape index (κ3) is 5.23. The van der Waals surface area contributed by atoms with E-state index in [-0.39, 0.29) is 0 Å². The van der Waals surface area contributed by atoms with Crippen LogP contribution in [0.1, 0.15) is 24.0 Å². The molecule has 0 aliphatic carbocycles. The fraction of sp³-hybridized carbons (Fsp3) is 0.182. The van der Waals surface area contributed by atoms with E-state index in [0.29, 0.717) is 0 Å². The van der Waals surface area contributed by atoms with E-state index in [9.17, 15) is 0 Å². The maximum atomic E-state index is 5.50. The highest BCUT2D eigenvalue weighted by Gasteiger charge is 2.02. The van der Waals surface area contributed by atoms with Gasteiger partial charge in [0, 0.05) is 24.5 Å². The largest absolute Gasteiger partial charge is 0.376 e. The van der Waals surface area contributed by atoms with E-state index < -0.39 is 0 Å². The molecule has 0 aliphatic heterocycles. The van der Waals surface area contributed by atoms with Gasteiger partial charge in [-0.2, -0.15) is 0 Å². The molecule has 0 saturated heterocycles. The molecule has 0 radical (unpaired) electrons. The Hall–Kier alpha value is -2.52. The number of rotatable bonds is 7. The lowest BCUT2D eigenvalue weighted by molar-refractivity contribution is 0.711. The van der Waals surface area contributed by atoms with Gasteiger partial charge in [0.15, 0.2) is 0 Å². The molecule has 0 aliphatic rings. The zero-order valence-corrected chi connectivity index (χ0v) is 15.0. The normalized spacial score (nSPS) is 10.4. The topological polar surface area (TPSA) is 24.9 Å². The number of hydrogen-bond donors (Lipinski definition) is 1. The number of nitrogens with zero attached hydrogens (tertiary/aromatic N) is 1. The Morgan fingerprint density at radius 1 is 0.840 bits per heavy atom. The Bertz CT molecular complexity index is 783. The first kappa shape index (κ1) is 17.3. The van der Waals surface area contributed by atoms with Crippen LogP contribution in [0.15, 0.2) is 79.1 Å². The van der Waals surface area contributed by atoms with E-state index in [2.05, 4.69) is 64.9 Å². The molecule has 25 heavy (non-hydrogen) atoms.